The van der Waals surface area contributed by atoms with E-state index in [1.807, 2.05) is 78.9 Å². The fourth-order valence-electron chi connectivity index (χ4n) is 15.4. The van der Waals surface area contributed by atoms with Crippen LogP contribution in [0.5, 0.6) is 5.75 Å². The fraction of sp³-hybridized carbons (Fsp3) is 0.0957. The normalized spacial score (nSPS) is 13.3. The van der Waals surface area contributed by atoms with Gasteiger partial charge in [0, 0.05) is 61.1 Å². The minimum Gasteiger partial charge on any atom is -0.868 e. The summed E-state index contributed by atoms with van der Waals surface area (Å²) in [6.07, 6.45) is 1.75. The van der Waals surface area contributed by atoms with Gasteiger partial charge in [-0.25, -0.2) is 34.9 Å². The molecular weight excluding hydrogens is 1250 g/mol. The van der Waals surface area contributed by atoms with Gasteiger partial charge in [0.25, 0.3) is 0 Å². The number of H-pyrrole nitrogens is 1. The van der Waals surface area contributed by atoms with Crippen molar-refractivity contribution < 1.29 is 29.0 Å². The molecule has 0 amide bonds. The molecular formula is C94H71LiN7O+. The summed E-state index contributed by atoms with van der Waals surface area (Å²) in [6, 6.07) is 108. The molecule has 0 bridgehead atoms. The van der Waals surface area contributed by atoms with Gasteiger partial charge in [-0.1, -0.05) is 296 Å². The number of aromatic amines is 1. The first-order chi connectivity index (χ1) is 49.7. The van der Waals surface area contributed by atoms with E-state index in [0.717, 1.165) is 55.3 Å². The van der Waals surface area contributed by atoms with Crippen LogP contribution in [0, 0.1) is 0 Å². The van der Waals surface area contributed by atoms with Crippen molar-refractivity contribution in [2.45, 2.75) is 57.8 Å². The van der Waals surface area contributed by atoms with E-state index in [1.165, 1.54) is 83.3 Å². The van der Waals surface area contributed by atoms with E-state index in [0.29, 0.717) is 40.5 Å². The number of nitrogens with zero attached hydrogens (tertiary/aromatic N) is 6. The van der Waals surface area contributed by atoms with Crippen LogP contribution in [0.15, 0.2) is 316 Å². The number of benzene rings is 13. The van der Waals surface area contributed by atoms with Crippen molar-refractivity contribution in [1.82, 2.24) is 29.9 Å². The molecule has 16 aromatic rings. The predicted octanol–water partition coefficient (Wildman–Crippen LogP) is 18.9. The molecule has 1 N–H and O–H groups in total. The Kier molecular flexibility index (Phi) is 16.8. The van der Waals surface area contributed by atoms with E-state index in [2.05, 4.69) is 265 Å². The number of para-hydroxylation sites is 1. The molecule has 3 aliphatic carbocycles. The third kappa shape index (κ3) is 12.0. The van der Waals surface area contributed by atoms with E-state index in [9.17, 15) is 5.11 Å². The Bertz CT molecular complexity index is 5780. The first-order valence-corrected chi connectivity index (χ1v) is 34.9. The molecule has 0 unspecified atom stereocenters. The number of hydrogen-bond acceptors (Lipinski definition) is 7. The number of rotatable bonds is 8. The van der Waals surface area contributed by atoms with Gasteiger partial charge in [0.1, 0.15) is 0 Å². The summed E-state index contributed by atoms with van der Waals surface area (Å²) >= 11 is 0. The van der Waals surface area contributed by atoms with Gasteiger partial charge in [0.2, 0.25) is 5.52 Å². The SMILES string of the molecule is CC1(C)c2ccccc2-c2ccc(-c3cccc(-c4cccc(-c5nc(-c6ccccc6)nc(-c6ccccc6)n5)c4)c3)cc21.CC1(C)c2ccccc2-c2ccc(-c3nc(-c4ccc5c(c4)C(C)(C)c4ccccc4-5)nc(-c4ccc5ccccc5c4)n3)cc21.[Li+].[O-]c1cccc2ccc[nH+]c12. The monoisotopic (exact) mass is 1320 g/mol. The molecule has 0 atom stereocenters. The summed E-state index contributed by atoms with van der Waals surface area (Å²) in [7, 11) is 0. The van der Waals surface area contributed by atoms with E-state index in [4.69, 9.17) is 29.9 Å². The van der Waals surface area contributed by atoms with Gasteiger partial charge >= 0.3 is 18.9 Å². The molecule has 0 aliphatic heterocycles. The second-order valence-electron chi connectivity index (χ2n) is 28.3. The molecule has 0 spiro atoms. The van der Waals surface area contributed by atoms with Crippen LogP contribution in [0.1, 0.15) is 74.9 Å². The van der Waals surface area contributed by atoms with Crippen molar-refractivity contribution >= 4 is 21.7 Å². The second kappa shape index (κ2) is 26.5. The van der Waals surface area contributed by atoms with E-state index < -0.39 is 0 Å². The number of hydrogen-bond donors (Lipinski definition) is 0. The average Bonchev–Trinajstić information content (AvgIpc) is 1.60. The van der Waals surface area contributed by atoms with Gasteiger partial charge in [-0.05, 0) is 154 Å². The van der Waals surface area contributed by atoms with Gasteiger partial charge in [-0.3, -0.25) is 0 Å². The number of nitrogens with one attached hydrogen (secondary N) is 1. The molecule has 3 heterocycles. The molecule has 103 heavy (non-hydrogen) atoms. The van der Waals surface area contributed by atoms with Gasteiger partial charge in [-0.15, -0.1) is 0 Å². The minimum absolute atomic E-state index is 0. The summed E-state index contributed by atoms with van der Waals surface area (Å²) in [5, 5.41) is 14.5. The third-order valence-electron chi connectivity index (χ3n) is 20.9. The maximum absolute atomic E-state index is 11.1. The molecule has 3 aromatic heterocycles. The zero-order chi connectivity index (χ0) is 69.3. The molecule has 0 radical (unpaired) electrons. The Morgan fingerprint density at radius 3 is 1.00 bits per heavy atom. The largest absolute Gasteiger partial charge is 1.00 e. The van der Waals surface area contributed by atoms with Crippen molar-refractivity contribution in [3.63, 3.8) is 0 Å². The Morgan fingerprint density at radius 2 is 0.534 bits per heavy atom. The molecule has 488 valence electrons. The summed E-state index contributed by atoms with van der Waals surface area (Å²) in [5.41, 5.74) is 26.9. The van der Waals surface area contributed by atoms with Gasteiger partial charge < -0.3 is 5.11 Å². The Balaban J connectivity index is 0.000000137. The van der Waals surface area contributed by atoms with Gasteiger partial charge in [0.15, 0.2) is 41.1 Å². The number of pyridine rings is 1. The van der Waals surface area contributed by atoms with E-state index in [-0.39, 0.29) is 40.9 Å². The smallest absolute Gasteiger partial charge is 0.868 e. The van der Waals surface area contributed by atoms with Crippen LogP contribution in [0.25, 0.3) is 146 Å². The average molecular weight is 1320 g/mol. The summed E-state index contributed by atoms with van der Waals surface area (Å²) in [4.78, 5) is 33.1. The van der Waals surface area contributed by atoms with Crippen molar-refractivity contribution in [3.05, 3.63) is 349 Å². The molecule has 0 saturated carbocycles. The summed E-state index contributed by atoms with van der Waals surface area (Å²) < 4.78 is 0. The zero-order valence-electron chi connectivity index (χ0n) is 58.6. The summed E-state index contributed by atoms with van der Waals surface area (Å²) in [6.45, 7) is 13.9. The van der Waals surface area contributed by atoms with Crippen LogP contribution in [-0.2, 0) is 16.2 Å². The fourth-order valence-corrected chi connectivity index (χ4v) is 15.4. The first-order valence-electron chi connectivity index (χ1n) is 34.9. The Hall–Kier alpha value is -12.1. The first kappa shape index (κ1) is 65.6. The molecule has 8 nitrogen and oxygen atoms in total. The Labute approximate surface area is 612 Å². The van der Waals surface area contributed by atoms with Crippen LogP contribution in [0.3, 0.4) is 0 Å². The van der Waals surface area contributed by atoms with Crippen LogP contribution < -0.4 is 29.0 Å². The molecule has 0 fully saturated rings. The van der Waals surface area contributed by atoms with Crippen molar-refractivity contribution in [2.75, 3.05) is 0 Å². The second-order valence-corrected chi connectivity index (χ2v) is 28.3. The third-order valence-corrected chi connectivity index (χ3v) is 20.9. The van der Waals surface area contributed by atoms with Crippen molar-refractivity contribution in [2.24, 2.45) is 0 Å². The van der Waals surface area contributed by atoms with Crippen molar-refractivity contribution in [1.29, 1.82) is 0 Å². The van der Waals surface area contributed by atoms with Crippen molar-refractivity contribution in [3.8, 4) is 130 Å². The maximum atomic E-state index is 11.1. The topological polar surface area (TPSA) is 115 Å². The number of aromatic nitrogens is 7. The van der Waals surface area contributed by atoms with Crippen LogP contribution in [-0.4, -0.2) is 29.9 Å². The molecule has 13 aromatic carbocycles. The standard InChI is InChI=1S/C43H33N3.C42H31N3.C9H7NO.Li/c1-42(2)35-15-9-7-13-31(35)33-21-19-29(24-37(33)42)40-44-39(28-18-17-26-11-5-6-12-27(26)23-28)45-41(46-40)30-20-22-34-32-14-8-10-16-36(32)43(3,4)38(34)25-30;1-42(2)37-22-10-9-21-35(37)36-24-23-33(27-38(36)42)31-18-11-17-30(25-31)32-19-12-20-34(26-32)41-44-39(28-13-5-3-6-14-28)43-40(45-41)29-15-7-4-8-16-29;11-8-5-1-3-7-4-2-6-10-9(7)8;/h5-25H,1-4H3;3-27H,1-2H3;1-6,11H;/q;;;+1. The molecule has 3 aliphatic rings. The molecule has 9 heteroatoms. The number of fused-ring (bicyclic) bond motifs is 11. The minimum atomic E-state index is -0.112. The zero-order valence-corrected chi connectivity index (χ0v) is 58.6. The van der Waals surface area contributed by atoms with E-state index >= 15 is 0 Å². The van der Waals surface area contributed by atoms with Crippen LogP contribution >= 0.6 is 0 Å². The predicted molar refractivity (Wildman–Crippen MR) is 413 cm³/mol. The maximum Gasteiger partial charge on any atom is 1.00 e. The molecule has 19 rings (SSSR count). The van der Waals surface area contributed by atoms with E-state index in [1.54, 1.807) is 18.3 Å². The van der Waals surface area contributed by atoms with Gasteiger partial charge in [0.05, 0.1) is 0 Å². The Morgan fingerprint density at radius 1 is 0.233 bits per heavy atom. The molecule has 0 saturated heterocycles. The summed E-state index contributed by atoms with van der Waals surface area (Å²) in [5.74, 6) is 4.07. The van der Waals surface area contributed by atoms with Gasteiger partial charge in [-0.2, -0.15) is 0 Å². The van der Waals surface area contributed by atoms with Crippen LogP contribution in [0.4, 0.5) is 0 Å². The quantitative estimate of drug-likeness (QED) is 0.139. The van der Waals surface area contributed by atoms with Crippen LogP contribution in [0.2, 0.25) is 0 Å².